The summed E-state index contributed by atoms with van der Waals surface area (Å²) in [4.78, 5) is 0. The Bertz CT molecular complexity index is 370. The van der Waals surface area contributed by atoms with Crippen molar-refractivity contribution in [2.75, 3.05) is 12.0 Å². The number of aliphatic hydroxyl groups excluding tert-OH is 1. The topological polar surface area (TPSA) is 29.5 Å². The van der Waals surface area contributed by atoms with Crippen LogP contribution in [0.2, 0.25) is 0 Å². The minimum absolute atomic E-state index is 0.143. The Morgan fingerprint density at radius 3 is 3.12 bits per heavy atom. The van der Waals surface area contributed by atoms with Crippen LogP contribution in [-0.4, -0.2) is 23.2 Å². The SMILES string of the molecule is CSCCC1CC(O)c2ccc(Br)cc2O1. The van der Waals surface area contributed by atoms with Gasteiger partial charge < -0.3 is 9.84 Å². The van der Waals surface area contributed by atoms with Gasteiger partial charge in [-0.15, -0.1) is 0 Å². The standard InChI is InChI=1S/C12H15BrO2S/c1-16-5-4-9-7-11(14)10-3-2-8(13)6-12(10)15-9/h2-3,6,9,11,14H,4-5,7H2,1H3. The van der Waals surface area contributed by atoms with Crippen molar-refractivity contribution in [3.05, 3.63) is 28.2 Å². The molecule has 0 spiro atoms. The zero-order chi connectivity index (χ0) is 11.5. The van der Waals surface area contributed by atoms with E-state index in [1.54, 1.807) is 0 Å². The number of rotatable bonds is 3. The molecule has 2 atom stereocenters. The van der Waals surface area contributed by atoms with Gasteiger partial charge in [0, 0.05) is 16.5 Å². The Balaban J connectivity index is 2.14. The number of ether oxygens (including phenoxy) is 1. The summed E-state index contributed by atoms with van der Waals surface area (Å²) >= 11 is 5.23. The molecule has 88 valence electrons. The molecule has 0 aromatic heterocycles. The number of thioether (sulfide) groups is 1. The summed E-state index contributed by atoms with van der Waals surface area (Å²) < 4.78 is 6.87. The molecule has 0 amide bonds. The third-order valence-corrected chi connectivity index (χ3v) is 3.90. The second kappa shape index (κ2) is 5.43. The lowest BCUT2D eigenvalue weighted by atomic mass is 9.98. The first kappa shape index (κ1) is 12.3. The van der Waals surface area contributed by atoms with Crippen molar-refractivity contribution in [2.45, 2.75) is 25.0 Å². The van der Waals surface area contributed by atoms with Gasteiger partial charge in [0.1, 0.15) is 11.9 Å². The molecule has 2 rings (SSSR count). The monoisotopic (exact) mass is 302 g/mol. The van der Waals surface area contributed by atoms with Gasteiger partial charge in [-0.2, -0.15) is 11.8 Å². The molecule has 16 heavy (non-hydrogen) atoms. The molecule has 1 aliphatic rings. The second-order valence-corrected chi connectivity index (χ2v) is 5.86. The molecule has 0 saturated heterocycles. The van der Waals surface area contributed by atoms with Gasteiger partial charge in [-0.05, 0) is 30.6 Å². The Morgan fingerprint density at radius 2 is 2.38 bits per heavy atom. The minimum Gasteiger partial charge on any atom is -0.490 e. The summed E-state index contributed by atoms with van der Waals surface area (Å²) in [6.07, 6.45) is 3.54. The summed E-state index contributed by atoms with van der Waals surface area (Å²) in [5, 5.41) is 10.0. The van der Waals surface area contributed by atoms with E-state index in [9.17, 15) is 5.11 Å². The fraction of sp³-hybridized carbons (Fsp3) is 0.500. The van der Waals surface area contributed by atoms with Crippen LogP contribution in [0, 0.1) is 0 Å². The predicted octanol–water partition coefficient (Wildman–Crippen LogP) is 3.39. The van der Waals surface area contributed by atoms with Crippen LogP contribution in [-0.2, 0) is 0 Å². The molecular weight excluding hydrogens is 288 g/mol. The minimum atomic E-state index is -0.385. The molecule has 4 heteroatoms. The Hall–Kier alpha value is -0.190. The summed E-state index contributed by atoms with van der Waals surface area (Å²) in [6, 6.07) is 5.80. The van der Waals surface area contributed by atoms with E-state index in [2.05, 4.69) is 22.2 Å². The number of hydrogen-bond donors (Lipinski definition) is 1. The average Bonchev–Trinajstić information content (AvgIpc) is 2.25. The normalized spacial score (nSPS) is 23.7. The van der Waals surface area contributed by atoms with Crippen LogP contribution >= 0.6 is 27.7 Å². The number of fused-ring (bicyclic) bond motifs is 1. The van der Waals surface area contributed by atoms with Gasteiger partial charge in [-0.3, -0.25) is 0 Å². The molecule has 0 aliphatic carbocycles. The Labute approximate surface area is 109 Å². The number of benzene rings is 1. The summed E-state index contributed by atoms with van der Waals surface area (Å²) in [5.41, 5.74) is 0.906. The second-order valence-electron chi connectivity index (χ2n) is 3.95. The first-order valence-electron chi connectivity index (χ1n) is 5.34. The molecule has 0 fully saturated rings. The summed E-state index contributed by atoms with van der Waals surface area (Å²) in [5.74, 6) is 1.89. The lowest BCUT2D eigenvalue weighted by molar-refractivity contribution is 0.0648. The van der Waals surface area contributed by atoms with Crippen molar-refractivity contribution in [1.29, 1.82) is 0 Å². The molecule has 0 saturated carbocycles. The van der Waals surface area contributed by atoms with E-state index < -0.39 is 0 Å². The van der Waals surface area contributed by atoms with Gasteiger partial charge in [-0.1, -0.05) is 22.0 Å². The Morgan fingerprint density at radius 1 is 1.56 bits per heavy atom. The van der Waals surface area contributed by atoms with Gasteiger partial charge in [-0.25, -0.2) is 0 Å². The van der Waals surface area contributed by atoms with Crippen LogP contribution < -0.4 is 4.74 Å². The lowest BCUT2D eigenvalue weighted by Gasteiger charge is -2.29. The van der Waals surface area contributed by atoms with Gasteiger partial charge in [0.2, 0.25) is 0 Å². The highest BCUT2D eigenvalue weighted by molar-refractivity contribution is 9.10. The number of halogens is 1. The van der Waals surface area contributed by atoms with E-state index in [0.29, 0.717) is 6.42 Å². The van der Waals surface area contributed by atoms with E-state index in [-0.39, 0.29) is 12.2 Å². The zero-order valence-electron chi connectivity index (χ0n) is 9.15. The molecule has 1 aliphatic heterocycles. The van der Waals surface area contributed by atoms with Gasteiger partial charge in [0.05, 0.1) is 6.10 Å². The summed E-state index contributed by atoms with van der Waals surface area (Å²) in [6.45, 7) is 0. The molecule has 0 radical (unpaired) electrons. The van der Waals surface area contributed by atoms with Gasteiger partial charge in [0.25, 0.3) is 0 Å². The molecule has 2 unspecified atom stereocenters. The summed E-state index contributed by atoms with van der Waals surface area (Å²) in [7, 11) is 0. The highest BCUT2D eigenvalue weighted by Crippen LogP contribution is 2.37. The van der Waals surface area contributed by atoms with Crippen LogP contribution in [0.15, 0.2) is 22.7 Å². The quantitative estimate of drug-likeness (QED) is 0.928. The first-order valence-corrected chi connectivity index (χ1v) is 7.52. The fourth-order valence-corrected chi connectivity index (χ4v) is 2.75. The van der Waals surface area contributed by atoms with E-state index in [1.807, 2.05) is 30.0 Å². The largest absolute Gasteiger partial charge is 0.490 e. The van der Waals surface area contributed by atoms with Crippen molar-refractivity contribution in [1.82, 2.24) is 0 Å². The molecule has 0 bridgehead atoms. The van der Waals surface area contributed by atoms with E-state index >= 15 is 0 Å². The molecule has 1 aromatic carbocycles. The number of aliphatic hydroxyl groups is 1. The lowest BCUT2D eigenvalue weighted by Crippen LogP contribution is -2.26. The third-order valence-electron chi connectivity index (χ3n) is 2.76. The van der Waals surface area contributed by atoms with Crippen molar-refractivity contribution < 1.29 is 9.84 Å². The van der Waals surface area contributed by atoms with Crippen LogP contribution in [0.1, 0.15) is 24.5 Å². The fourth-order valence-electron chi connectivity index (χ4n) is 1.92. The van der Waals surface area contributed by atoms with Crippen molar-refractivity contribution >= 4 is 27.7 Å². The predicted molar refractivity (Wildman–Crippen MR) is 71.1 cm³/mol. The Kier molecular flexibility index (Phi) is 4.16. The molecule has 1 heterocycles. The van der Waals surface area contributed by atoms with Crippen LogP contribution in [0.3, 0.4) is 0 Å². The molecule has 1 N–H and O–H groups in total. The highest BCUT2D eigenvalue weighted by atomic mass is 79.9. The maximum atomic E-state index is 10.0. The molecular formula is C12H15BrO2S. The van der Waals surface area contributed by atoms with Crippen LogP contribution in [0.25, 0.3) is 0 Å². The van der Waals surface area contributed by atoms with E-state index in [0.717, 1.165) is 28.0 Å². The third kappa shape index (κ3) is 2.73. The van der Waals surface area contributed by atoms with Crippen molar-refractivity contribution in [2.24, 2.45) is 0 Å². The zero-order valence-corrected chi connectivity index (χ0v) is 11.6. The maximum absolute atomic E-state index is 10.0. The van der Waals surface area contributed by atoms with Crippen LogP contribution in [0.5, 0.6) is 5.75 Å². The molecule has 2 nitrogen and oxygen atoms in total. The smallest absolute Gasteiger partial charge is 0.126 e. The first-order chi connectivity index (χ1) is 7.70. The van der Waals surface area contributed by atoms with Crippen molar-refractivity contribution in [3.8, 4) is 5.75 Å². The maximum Gasteiger partial charge on any atom is 0.126 e. The van der Waals surface area contributed by atoms with Crippen LogP contribution in [0.4, 0.5) is 0 Å². The highest BCUT2D eigenvalue weighted by Gasteiger charge is 2.26. The van der Waals surface area contributed by atoms with E-state index in [1.165, 1.54) is 0 Å². The number of hydrogen-bond acceptors (Lipinski definition) is 3. The van der Waals surface area contributed by atoms with E-state index in [4.69, 9.17) is 4.74 Å². The van der Waals surface area contributed by atoms with Gasteiger partial charge >= 0.3 is 0 Å². The average molecular weight is 303 g/mol. The van der Waals surface area contributed by atoms with Gasteiger partial charge in [0.15, 0.2) is 0 Å². The van der Waals surface area contributed by atoms with Crippen molar-refractivity contribution in [3.63, 3.8) is 0 Å². The molecule has 1 aromatic rings.